The molecule has 2 amide bonds. The largest absolute Gasteiger partial charge is 0.489 e. The number of nitrogens with one attached hydrogen (secondary N) is 1. The molecule has 0 radical (unpaired) electrons. The van der Waals surface area contributed by atoms with Crippen LogP contribution in [0.1, 0.15) is 12.5 Å². The molecule has 0 atom stereocenters. The summed E-state index contributed by atoms with van der Waals surface area (Å²) in [6.45, 7) is 4.05. The summed E-state index contributed by atoms with van der Waals surface area (Å²) in [4.78, 5) is 18.5. The number of carbonyl (C=O) groups excluding carboxylic acids is 1. The van der Waals surface area contributed by atoms with Crippen LogP contribution in [-0.2, 0) is 6.54 Å². The van der Waals surface area contributed by atoms with Crippen LogP contribution in [0.15, 0.2) is 66.9 Å². The Kier molecular flexibility index (Phi) is 6.04. The number of rotatable bonds is 7. The maximum atomic E-state index is 12.3. The zero-order chi connectivity index (χ0) is 18.2. The number of para-hydroxylation sites is 1. The molecule has 0 spiro atoms. The van der Waals surface area contributed by atoms with E-state index in [2.05, 4.69) is 10.3 Å². The van der Waals surface area contributed by atoms with Crippen molar-refractivity contribution < 1.29 is 9.53 Å². The van der Waals surface area contributed by atoms with Gasteiger partial charge in [0.25, 0.3) is 0 Å². The highest BCUT2D eigenvalue weighted by Gasteiger charge is 2.11. The molecular formula is C21H23N3O2. The summed E-state index contributed by atoms with van der Waals surface area (Å²) in [5.74, 6) is 0.731. The topological polar surface area (TPSA) is 54.5 Å². The minimum absolute atomic E-state index is 0.0870. The molecule has 0 saturated carbocycles. The molecule has 0 fully saturated rings. The molecule has 3 aromatic rings. The standard InChI is InChI=1S/C21H23N3O2/c1-2-24(16-17-8-4-3-5-9-17)21(25)23-14-15-26-19-12-6-10-18-11-7-13-22-20(18)19/h3-13H,2,14-16H2,1H3,(H,23,25). The van der Waals surface area contributed by atoms with E-state index < -0.39 is 0 Å². The zero-order valence-electron chi connectivity index (χ0n) is 14.9. The van der Waals surface area contributed by atoms with E-state index in [0.29, 0.717) is 26.2 Å². The van der Waals surface area contributed by atoms with Gasteiger partial charge in [-0.05, 0) is 24.6 Å². The number of ether oxygens (including phenoxy) is 1. The Balaban J connectivity index is 1.50. The van der Waals surface area contributed by atoms with E-state index in [0.717, 1.165) is 22.2 Å². The fourth-order valence-corrected chi connectivity index (χ4v) is 2.75. The monoisotopic (exact) mass is 349 g/mol. The van der Waals surface area contributed by atoms with E-state index in [1.54, 1.807) is 11.1 Å². The van der Waals surface area contributed by atoms with Crippen LogP contribution in [0.5, 0.6) is 5.75 Å². The molecule has 5 heteroatoms. The van der Waals surface area contributed by atoms with Crippen molar-refractivity contribution in [1.82, 2.24) is 15.2 Å². The van der Waals surface area contributed by atoms with Crippen molar-refractivity contribution in [3.8, 4) is 5.75 Å². The van der Waals surface area contributed by atoms with Gasteiger partial charge in [-0.1, -0.05) is 48.5 Å². The van der Waals surface area contributed by atoms with Crippen molar-refractivity contribution in [2.45, 2.75) is 13.5 Å². The van der Waals surface area contributed by atoms with Crippen molar-refractivity contribution in [3.05, 3.63) is 72.4 Å². The molecule has 1 N–H and O–H groups in total. The van der Waals surface area contributed by atoms with Gasteiger partial charge in [0.15, 0.2) is 0 Å². The second kappa shape index (κ2) is 8.85. The molecule has 5 nitrogen and oxygen atoms in total. The van der Waals surface area contributed by atoms with Crippen LogP contribution in [0, 0.1) is 0 Å². The lowest BCUT2D eigenvalue weighted by molar-refractivity contribution is 0.195. The van der Waals surface area contributed by atoms with Gasteiger partial charge in [-0.15, -0.1) is 0 Å². The van der Waals surface area contributed by atoms with Gasteiger partial charge < -0.3 is 15.0 Å². The van der Waals surface area contributed by atoms with Crippen LogP contribution in [0.25, 0.3) is 10.9 Å². The maximum absolute atomic E-state index is 12.3. The Morgan fingerprint density at radius 2 is 1.88 bits per heavy atom. The number of urea groups is 1. The summed E-state index contributed by atoms with van der Waals surface area (Å²) >= 11 is 0. The van der Waals surface area contributed by atoms with Crippen molar-refractivity contribution in [3.63, 3.8) is 0 Å². The first-order valence-corrected chi connectivity index (χ1v) is 8.81. The summed E-state index contributed by atoms with van der Waals surface area (Å²) in [6, 6.07) is 19.6. The number of nitrogens with zero attached hydrogens (tertiary/aromatic N) is 2. The smallest absolute Gasteiger partial charge is 0.317 e. The highest BCUT2D eigenvalue weighted by molar-refractivity contribution is 5.84. The fraction of sp³-hybridized carbons (Fsp3) is 0.238. The summed E-state index contributed by atoms with van der Waals surface area (Å²) in [7, 11) is 0. The van der Waals surface area contributed by atoms with Gasteiger partial charge >= 0.3 is 6.03 Å². The van der Waals surface area contributed by atoms with E-state index >= 15 is 0 Å². The lowest BCUT2D eigenvalue weighted by Crippen LogP contribution is -2.41. The van der Waals surface area contributed by atoms with E-state index in [-0.39, 0.29) is 6.03 Å². The first-order valence-electron chi connectivity index (χ1n) is 8.81. The minimum Gasteiger partial charge on any atom is -0.489 e. The van der Waals surface area contributed by atoms with Crippen LogP contribution in [0.3, 0.4) is 0 Å². The first kappa shape index (κ1) is 17.7. The molecule has 1 heterocycles. The lowest BCUT2D eigenvalue weighted by atomic mass is 10.2. The Labute approximate surface area is 153 Å². The zero-order valence-corrected chi connectivity index (χ0v) is 14.9. The average molecular weight is 349 g/mol. The SMILES string of the molecule is CCN(Cc1ccccc1)C(=O)NCCOc1cccc2cccnc12. The van der Waals surface area contributed by atoms with Crippen LogP contribution in [-0.4, -0.2) is 35.6 Å². The fourth-order valence-electron chi connectivity index (χ4n) is 2.75. The summed E-state index contributed by atoms with van der Waals surface area (Å²) in [5, 5.41) is 3.95. The number of amides is 2. The minimum atomic E-state index is -0.0870. The Morgan fingerprint density at radius 1 is 1.08 bits per heavy atom. The first-order chi connectivity index (χ1) is 12.8. The molecule has 0 aliphatic rings. The molecule has 0 saturated heterocycles. The number of aromatic nitrogens is 1. The van der Waals surface area contributed by atoms with Crippen molar-refractivity contribution in [1.29, 1.82) is 0 Å². The number of carbonyl (C=O) groups is 1. The predicted molar refractivity (Wildman–Crippen MR) is 103 cm³/mol. The predicted octanol–water partition coefficient (Wildman–Crippen LogP) is 3.85. The molecule has 2 aromatic carbocycles. The average Bonchev–Trinajstić information content (AvgIpc) is 2.70. The summed E-state index contributed by atoms with van der Waals surface area (Å²) in [6.07, 6.45) is 1.75. The molecule has 0 unspecified atom stereocenters. The van der Waals surface area contributed by atoms with Gasteiger partial charge in [-0.25, -0.2) is 4.79 Å². The van der Waals surface area contributed by atoms with Gasteiger partial charge in [0.1, 0.15) is 17.9 Å². The second-order valence-corrected chi connectivity index (χ2v) is 5.91. The van der Waals surface area contributed by atoms with Gasteiger partial charge in [-0.2, -0.15) is 0 Å². The Hall–Kier alpha value is -3.08. The highest BCUT2D eigenvalue weighted by Crippen LogP contribution is 2.22. The van der Waals surface area contributed by atoms with Crippen LogP contribution in [0.2, 0.25) is 0 Å². The number of pyridine rings is 1. The molecule has 3 rings (SSSR count). The van der Waals surface area contributed by atoms with Gasteiger partial charge in [-0.3, -0.25) is 4.98 Å². The molecule has 1 aromatic heterocycles. The third-order valence-electron chi connectivity index (χ3n) is 4.12. The van der Waals surface area contributed by atoms with E-state index in [1.165, 1.54) is 0 Å². The van der Waals surface area contributed by atoms with Gasteiger partial charge in [0, 0.05) is 24.7 Å². The third-order valence-corrected chi connectivity index (χ3v) is 4.12. The van der Waals surface area contributed by atoms with Gasteiger partial charge in [0.05, 0.1) is 6.54 Å². The second-order valence-electron chi connectivity index (χ2n) is 5.91. The van der Waals surface area contributed by atoms with Crippen LogP contribution in [0.4, 0.5) is 4.79 Å². The van der Waals surface area contributed by atoms with Crippen molar-refractivity contribution >= 4 is 16.9 Å². The number of hydrogen-bond acceptors (Lipinski definition) is 3. The number of benzene rings is 2. The van der Waals surface area contributed by atoms with Crippen molar-refractivity contribution in [2.75, 3.05) is 19.7 Å². The molecular weight excluding hydrogens is 326 g/mol. The molecule has 0 bridgehead atoms. The quantitative estimate of drug-likeness (QED) is 0.659. The molecule has 0 aliphatic heterocycles. The molecule has 134 valence electrons. The van der Waals surface area contributed by atoms with Crippen LogP contribution < -0.4 is 10.1 Å². The third kappa shape index (κ3) is 4.51. The lowest BCUT2D eigenvalue weighted by Gasteiger charge is -2.21. The summed E-state index contributed by atoms with van der Waals surface area (Å²) in [5.41, 5.74) is 1.95. The van der Waals surface area contributed by atoms with E-state index in [9.17, 15) is 4.79 Å². The van der Waals surface area contributed by atoms with E-state index in [1.807, 2.05) is 67.6 Å². The van der Waals surface area contributed by atoms with Crippen LogP contribution >= 0.6 is 0 Å². The molecule has 0 aliphatic carbocycles. The summed E-state index contributed by atoms with van der Waals surface area (Å²) < 4.78 is 5.81. The van der Waals surface area contributed by atoms with Crippen molar-refractivity contribution in [2.24, 2.45) is 0 Å². The van der Waals surface area contributed by atoms with Gasteiger partial charge in [0.2, 0.25) is 0 Å². The normalized spacial score (nSPS) is 10.5. The Morgan fingerprint density at radius 3 is 2.69 bits per heavy atom. The maximum Gasteiger partial charge on any atom is 0.317 e. The highest BCUT2D eigenvalue weighted by atomic mass is 16.5. The Bertz CT molecular complexity index is 847. The molecule has 26 heavy (non-hydrogen) atoms. The number of fused-ring (bicyclic) bond motifs is 1. The van der Waals surface area contributed by atoms with E-state index in [4.69, 9.17) is 4.74 Å². The number of hydrogen-bond donors (Lipinski definition) is 1.